The van der Waals surface area contributed by atoms with E-state index in [-0.39, 0.29) is 30.7 Å². The summed E-state index contributed by atoms with van der Waals surface area (Å²) in [5.41, 5.74) is 3.63. The zero-order chi connectivity index (χ0) is 27.4. The summed E-state index contributed by atoms with van der Waals surface area (Å²) in [6.45, 7) is 4.79. The van der Waals surface area contributed by atoms with Gasteiger partial charge < -0.3 is 15.1 Å². The average Bonchev–Trinajstić information content (AvgIpc) is 3.33. The number of nitrogens with one attached hydrogen (secondary N) is 1. The van der Waals surface area contributed by atoms with Crippen LogP contribution in [0.1, 0.15) is 49.1 Å². The molecule has 3 unspecified atom stereocenters. The van der Waals surface area contributed by atoms with E-state index < -0.39 is 5.54 Å². The molecule has 2 aliphatic heterocycles. The second-order valence-electron chi connectivity index (χ2n) is 12.2. The lowest BCUT2D eigenvalue weighted by Crippen LogP contribution is -2.59. The van der Waals surface area contributed by atoms with Crippen LogP contribution in [0.5, 0.6) is 0 Å². The summed E-state index contributed by atoms with van der Waals surface area (Å²) >= 11 is 0. The third kappa shape index (κ3) is 6.97. The van der Waals surface area contributed by atoms with Crippen molar-refractivity contribution in [3.63, 3.8) is 0 Å². The number of carbonyl (C=O) groups excluding carboxylic acids is 1. The topological polar surface area (TPSA) is 38.8 Å². The number of nitrogens with zero attached hydrogens (tertiary/aromatic N) is 3. The first-order valence-corrected chi connectivity index (χ1v) is 15.2. The van der Waals surface area contributed by atoms with Gasteiger partial charge in [-0.3, -0.25) is 9.69 Å². The molecule has 3 aromatic rings. The van der Waals surface area contributed by atoms with Gasteiger partial charge in [0.2, 0.25) is 5.91 Å². The second-order valence-corrected chi connectivity index (χ2v) is 12.2. The first kappa shape index (κ1) is 32.3. The maximum Gasteiger partial charge on any atom is 0.247 e. The number of hydrogen-bond acceptors (Lipinski definition) is 4. The zero-order valence-corrected chi connectivity index (χ0v) is 26.4. The lowest BCUT2D eigenvalue weighted by molar-refractivity contribution is -0.125. The van der Waals surface area contributed by atoms with Crippen LogP contribution in [0.2, 0.25) is 0 Å². The monoisotopic (exact) mass is 608 g/mol. The predicted octanol–water partition coefficient (Wildman–Crippen LogP) is 6.39. The molecule has 3 aromatic carbocycles. The quantitative estimate of drug-likeness (QED) is 0.322. The molecule has 7 heteroatoms. The summed E-state index contributed by atoms with van der Waals surface area (Å²) in [5.74, 6) is 1.47. The van der Waals surface area contributed by atoms with Gasteiger partial charge in [0.15, 0.2) is 0 Å². The average molecular weight is 610 g/mol. The van der Waals surface area contributed by atoms with Crippen LogP contribution in [-0.2, 0) is 11.2 Å². The molecule has 2 heterocycles. The van der Waals surface area contributed by atoms with Gasteiger partial charge in [0.05, 0.1) is 6.67 Å². The molecule has 3 atom stereocenters. The number of halogens is 2. The van der Waals surface area contributed by atoms with E-state index in [4.69, 9.17) is 0 Å². The molecule has 1 N–H and O–H groups in total. The van der Waals surface area contributed by atoms with Crippen LogP contribution < -0.4 is 10.2 Å². The number of likely N-dealkylation sites (N-methyl/N-ethyl adjacent to an activating group) is 1. The molecule has 0 radical (unpaired) electrons. The molecule has 3 fully saturated rings. The number of likely N-dealkylation sites (tertiary alicyclic amines) is 1. The molecule has 2 saturated heterocycles. The fraction of sp³-hybridized carbons (Fsp3) is 0.457. The van der Waals surface area contributed by atoms with Crippen LogP contribution >= 0.6 is 24.8 Å². The smallest absolute Gasteiger partial charge is 0.247 e. The highest BCUT2D eigenvalue weighted by Crippen LogP contribution is 2.42. The molecule has 0 aromatic heterocycles. The van der Waals surface area contributed by atoms with Crippen molar-refractivity contribution in [2.75, 3.05) is 44.8 Å². The Hall–Kier alpha value is -2.57. The van der Waals surface area contributed by atoms with E-state index in [1.165, 1.54) is 30.4 Å². The van der Waals surface area contributed by atoms with Crippen LogP contribution in [0.3, 0.4) is 0 Å². The number of para-hydroxylation sites is 1. The zero-order valence-electron chi connectivity index (χ0n) is 24.7. The number of anilines is 1. The maximum atomic E-state index is 13.3. The van der Waals surface area contributed by atoms with Gasteiger partial charge in [0, 0.05) is 37.9 Å². The molecule has 1 aliphatic carbocycles. The first-order chi connectivity index (χ1) is 19.6. The molecule has 1 amide bonds. The molecule has 3 aliphatic rings. The number of piperidine rings is 1. The minimum absolute atomic E-state index is 0. The van der Waals surface area contributed by atoms with Crippen LogP contribution in [-0.4, -0.2) is 67.2 Å². The molecule has 0 bridgehead atoms. The van der Waals surface area contributed by atoms with Gasteiger partial charge in [-0.2, -0.15) is 0 Å². The SMILES string of the molecule is CN(CCc1ccccc1)CC1CCC(c2ccccc2)CC1N1CCC2(CC1)C(=O)NCN2c1ccccc1.Cl.Cl. The summed E-state index contributed by atoms with van der Waals surface area (Å²) < 4.78 is 0. The summed E-state index contributed by atoms with van der Waals surface area (Å²) in [6.07, 6.45) is 6.60. The fourth-order valence-electron chi connectivity index (χ4n) is 7.61. The van der Waals surface area contributed by atoms with Gasteiger partial charge in [-0.05, 0) is 80.7 Å². The van der Waals surface area contributed by atoms with Crippen molar-refractivity contribution < 1.29 is 4.79 Å². The third-order valence-electron chi connectivity index (χ3n) is 9.90. The van der Waals surface area contributed by atoms with E-state index >= 15 is 0 Å². The van der Waals surface area contributed by atoms with Crippen molar-refractivity contribution in [3.8, 4) is 0 Å². The highest BCUT2D eigenvalue weighted by molar-refractivity contribution is 5.93. The largest absolute Gasteiger partial charge is 0.339 e. The molecular weight excluding hydrogens is 563 g/mol. The van der Waals surface area contributed by atoms with E-state index in [0.29, 0.717) is 24.5 Å². The number of carbonyl (C=O) groups is 1. The number of benzene rings is 3. The third-order valence-corrected chi connectivity index (χ3v) is 9.90. The van der Waals surface area contributed by atoms with E-state index in [0.717, 1.165) is 51.1 Å². The van der Waals surface area contributed by atoms with Gasteiger partial charge in [-0.1, -0.05) is 78.9 Å². The first-order valence-electron chi connectivity index (χ1n) is 15.2. The van der Waals surface area contributed by atoms with Gasteiger partial charge in [0.25, 0.3) is 0 Å². The molecule has 5 nitrogen and oxygen atoms in total. The van der Waals surface area contributed by atoms with Gasteiger partial charge in [-0.15, -0.1) is 24.8 Å². The van der Waals surface area contributed by atoms with E-state index in [1.54, 1.807) is 0 Å². The van der Waals surface area contributed by atoms with E-state index in [1.807, 2.05) is 6.07 Å². The lowest BCUT2D eigenvalue weighted by Gasteiger charge is -2.49. The Labute approximate surface area is 264 Å². The molecule has 1 saturated carbocycles. The van der Waals surface area contributed by atoms with Crippen LogP contribution in [0.4, 0.5) is 5.69 Å². The number of rotatable bonds is 8. The Morgan fingerprint density at radius 2 is 1.48 bits per heavy atom. The highest BCUT2D eigenvalue weighted by atomic mass is 35.5. The number of amides is 1. The Morgan fingerprint density at radius 3 is 2.14 bits per heavy atom. The van der Waals surface area contributed by atoms with Gasteiger partial charge >= 0.3 is 0 Å². The molecular formula is C35H46Cl2N4O. The predicted molar refractivity (Wildman–Crippen MR) is 178 cm³/mol. The standard InChI is InChI=1S/C35H44N4O.2ClH/c1-37(22-19-28-11-5-2-6-12-28)26-31-18-17-30(29-13-7-3-8-14-29)25-33(31)38-23-20-35(21-24-38)34(40)36-27-39(35)32-15-9-4-10-16-32;;/h2-16,30-31,33H,17-27H2,1H3,(H,36,40);2*1H. The van der Waals surface area contributed by atoms with Crippen molar-refractivity contribution >= 4 is 36.4 Å². The molecule has 226 valence electrons. The normalized spacial score (nSPS) is 23.7. The fourth-order valence-corrected chi connectivity index (χ4v) is 7.61. The Bertz CT molecular complexity index is 1240. The van der Waals surface area contributed by atoms with Gasteiger partial charge in [0.1, 0.15) is 5.54 Å². The Morgan fingerprint density at radius 1 is 0.857 bits per heavy atom. The van der Waals surface area contributed by atoms with Crippen LogP contribution in [0.15, 0.2) is 91.0 Å². The van der Waals surface area contributed by atoms with E-state index in [2.05, 4.69) is 112 Å². The molecule has 1 spiro atoms. The maximum absolute atomic E-state index is 13.3. The number of hydrogen-bond donors (Lipinski definition) is 1. The highest BCUT2D eigenvalue weighted by Gasteiger charge is 2.51. The van der Waals surface area contributed by atoms with Crippen molar-refractivity contribution in [1.82, 2.24) is 15.1 Å². The summed E-state index contributed by atoms with van der Waals surface area (Å²) in [6, 6.07) is 33.0. The van der Waals surface area contributed by atoms with Gasteiger partial charge in [-0.25, -0.2) is 0 Å². The summed E-state index contributed by atoms with van der Waals surface area (Å²) in [7, 11) is 2.30. The summed E-state index contributed by atoms with van der Waals surface area (Å²) in [5, 5.41) is 3.18. The molecule has 6 rings (SSSR count). The molecule has 42 heavy (non-hydrogen) atoms. The van der Waals surface area contributed by atoms with Crippen molar-refractivity contribution in [2.24, 2.45) is 5.92 Å². The minimum Gasteiger partial charge on any atom is -0.339 e. The van der Waals surface area contributed by atoms with Crippen molar-refractivity contribution in [3.05, 3.63) is 102 Å². The Kier molecular flexibility index (Phi) is 11.4. The van der Waals surface area contributed by atoms with Crippen LogP contribution in [0.25, 0.3) is 0 Å². The van der Waals surface area contributed by atoms with Crippen molar-refractivity contribution in [1.29, 1.82) is 0 Å². The van der Waals surface area contributed by atoms with E-state index in [9.17, 15) is 4.79 Å². The minimum atomic E-state index is -0.423. The lowest BCUT2D eigenvalue weighted by atomic mass is 9.73. The summed E-state index contributed by atoms with van der Waals surface area (Å²) in [4.78, 5) is 20.9. The van der Waals surface area contributed by atoms with Crippen molar-refractivity contribution in [2.45, 2.75) is 56.0 Å². The second kappa shape index (κ2) is 14.7. The Balaban J connectivity index is 0.00000202. The van der Waals surface area contributed by atoms with Crippen LogP contribution in [0, 0.1) is 5.92 Å².